The van der Waals surface area contributed by atoms with Gasteiger partial charge >= 0.3 is 12.1 Å². The van der Waals surface area contributed by atoms with Gasteiger partial charge in [-0.2, -0.15) is 0 Å². The van der Waals surface area contributed by atoms with Gasteiger partial charge in [-0.1, -0.05) is 84.9 Å². The van der Waals surface area contributed by atoms with Crippen molar-refractivity contribution in [2.24, 2.45) is 0 Å². The summed E-state index contributed by atoms with van der Waals surface area (Å²) in [5.41, 5.74) is 7.19. The van der Waals surface area contributed by atoms with Crippen molar-refractivity contribution < 1.29 is 24.2 Å². The third-order valence-electron chi connectivity index (χ3n) is 6.72. The van der Waals surface area contributed by atoms with Crippen molar-refractivity contribution in [3.8, 4) is 28.0 Å². The molecule has 37 heavy (non-hydrogen) atoms. The molecule has 0 bridgehead atoms. The number of carboxylic acid groups (broad SMARTS) is 1. The van der Waals surface area contributed by atoms with Gasteiger partial charge in [0, 0.05) is 12.3 Å². The molecule has 4 aromatic carbocycles. The van der Waals surface area contributed by atoms with Crippen LogP contribution in [-0.2, 0) is 16.0 Å². The van der Waals surface area contributed by atoms with E-state index in [2.05, 4.69) is 17.4 Å². The number of hydrogen-bond donors (Lipinski definition) is 2. The highest BCUT2D eigenvalue weighted by Crippen LogP contribution is 2.44. The van der Waals surface area contributed by atoms with Crippen LogP contribution in [0.3, 0.4) is 0 Å². The molecule has 0 fully saturated rings. The second-order valence-corrected chi connectivity index (χ2v) is 8.99. The molecule has 0 aromatic heterocycles. The first-order valence-electron chi connectivity index (χ1n) is 12.1. The number of benzene rings is 4. The maximum Gasteiger partial charge on any atom is 0.407 e. The monoisotopic (exact) mass is 493 g/mol. The Balaban J connectivity index is 1.25. The molecule has 0 saturated carbocycles. The lowest BCUT2D eigenvalue weighted by Gasteiger charge is -2.18. The van der Waals surface area contributed by atoms with Crippen LogP contribution in [-0.4, -0.2) is 36.9 Å². The average Bonchev–Trinajstić information content (AvgIpc) is 3.25. The predicted octanol–water partition coefficient (Wildman–Crippen LogP) is 5.90. The number of ether oxygens (including phenoxy) is 2. The second kappa shape index (κ2) is 10.6. The number of aliphatic carboxylic acids is 1. The first kappa shape index (κ1) is 24.1. The van der Waals surface area contributed by atoms with Crippen LogP contribution in [0.1, 0.15) is 22.6 Å². The molecule has 4 aromatic rings. The van der Waals surface area contributed by atoms with Gasteiger partial charge < -0.3 is 19.9 Å². The predicted molar refractivity (Wildman–Crippen MR) is 142 cm³/mol. The van der Waals surface area contributed by atoms with E-state index in [0.717, 1.165) is 44.7 Å². The van der Waals surface area contributed by atoms with Crippen LogP contribution in [0.5, 0.6) is 5.75 Å². The standard InChI is InChI=1S/C31H27NO5/c1-36-23-15-13-21(14-16-23)22-8-6-7-20(17-22)18-29(30(33)34)32-31(35)37-19-28-26-11-4-2-9-24(26)25-10-3-5-12-27(25)28/h2-17,28-29H,18-19H2,1H3,(H,32,35)(H,33,34)/t29-/m0/s1. The van der Waals surface area contributed by atoms with E-state index in [4.69, 9.17) is 9.47 Å². The third kappa shape index (κ3) is 5.19. The molecular weight excluding hydrogens is 466 g/mol. The van der Waals surface area contributed by atoms with Crippen molar-refractivity contribution >= 4 is 12.1 Å². The SMILES string of the molecule is COc1ccc(-c2cccc(C[C@H](NC(=O)OCC3c4ccccc4-c4ccccc43)C(=O)O)c2)cc1. The Kier molecular flexibility index (Phi) is 6.90. The zero-order valence-electron chi connectivity index (χ0n) is 20.4. The lowest BCUT2D eigenvalue weighted by molar-refractivity contribution is -0.139. The van der Waals surface area contributed by atoms with Crippen LogP contribution in [0.15, 0.2) is 97.1 Å². The van der Waals surface area contributed by atoms with E-state index in [1.807, 2.05) is 84.9 Å². The van der Waals surface area contributed by atoms with Gasteiger partial charge in [-0.3, -0.25) is 0 Å². The minimum absolute atomic E-state index is 0.0948. The number of carbonyl (C=O) groups is 2. The summed E-state index contributed by atoms with van der Waals surface area (Å²) in [5, 5.41) is 12.3. The van der Waals surface area contributed by atoms with E-state index in [1.54, 1.807) is 7.11 Å². The van der Waals surface area contributed by atoms with E-state index in [9.17, 15) is 14.7 Å². The molecule has 0 saturated heterocycles. The van der Waals surface area contributed by atoms with Crippen molar-refractivity contribution in [2.45, 2.75) is 18.4 Å². The summed E-state index contributed by atoms with van der Waals surface area (Å²) < 4.78 is 10.8. The molecule has 0 heterocycles. The highest BCUT2D eigenvalue weighted by molar-refractivity contribution is 5.81. The van der Waals surface area contributed by atoms with E-state index in [1.165, 1.54) is 0 Å². The summed E-state index contributed by atoms with van der Waals surface area (Å²) in [7, 11) is 1.62. The maximum absolute atomic E-state index is 12.7. The molecule has 1 amide bonds. The molecule has 0 aliphatic heterocycles. The van der Waals surface area contributed by atoms with Gasteiger partial charge in [0.05, 0.1) is 7.11 Å². The van der Waals surface area contributed by atoms with Crippen LogP contribution in [0.2, 0.25) is 0 Å². The topological polar surface area (TPSA) is 84.9 Å². The van der Waals surface area contributed by atoms with Crippen LogP contribution in [0.4, 0.5) is 4.79 Å². The van der Waals surface area contributed by atoms with Crippen molar-refractivity contribution in [3.63, 3.8) is 0 Å². The molecule has 0 unspecified atom stereocenters. The number of nitrogens with one attached hydrogen (secondary N) is 1. The first-order valence-corrected chi connectivity index (χ1v) is 12.1. The molecule has 1 atom stereocenters. The van der Waals surface area contributed by atoms with Crippen LogP contribution in [0, 0.1) is 0 Å². The van der Waals surface area contributed by atoms with Gasteiger partial charge in [0.1, 0.15) is 18.4 Å². The zero-order chi connectivity index (χ0) is 25.8. The summed E-state index contributed by atoms with van der Waals surface area (Å²) in [6, 6.07) is 30.3. The Morgan fingerprint density at radius 1 is 0.838 bits per heavy atom. The number of fused-ring (bicyclic) bond motifs is 3. The number of rotatable bonds is 8. The maximum atomic E-state index is 12.7. The van der Waals surface area contributed by atoms with Crippen molar-refractivity contribution in [2.75, 3.05) is 13.7 Å². The Morgan fingerprint density at radius 2 is 1.49 bits per heavy atom. The van der Waals surface area contributed by atoms with Gasteiger partial charge in [0.25, 0.3) is 0 Å². The van der Waals surface area contributed by atoms with Crippen LogP contribution < -0.4 is 10.1 Å². The Labute approximate surface area is 215 Å². The van der Waals surface area contributed by atoms with Crippen molar-refractivity contribution in [1.82, 2.24) is 5.32 Å². The Hall–Kier alpha value is -4.58. The van der Waals surface area contributed by atoms with E-state index in [0.29, 0.717) is 0 Å². The molecule has 186 valence electrons. The molecule has 6 heteroatoms. The molecule has 1 aliphatic carbocycles. The number of carbonyl (C=O) groups excluding carboxylic acids is 1. The van der Waals surface area contributed by atoms with Crippen molar-refractivity contribution in [3.05, 3.63) is 114 Å². The molecule has 1 aliphatic rings. The second-order valence-electron chi connectivity index (χ2n) is 8.99. The fourth-order valence-electron chi connectivity index (χ4n) is 4.88. The third-order valence-corrected chi connectivity index (χ3v) is 6.72. The van der Waals surface area contributed by atoms with Crippen LogP contribution >= 0.6 is 0 Å². The summed E-state index contributed by atoms with van der Waals surface area (Å²) >= 11 is 0. The summed E-state index contributed by atoms with van der Waals surface area (Å²) in [5.74, 6) is -0.455. The van der Waals surface area contributed by atoms with E-state index >= 15 is 0 Å². The Morgan fingerprint density at radius 3 is 2.11 bits per heavy atom. The van der Waals surface area contributed by atoms with Gasteiger partial charge in [-0.25, -0.2) is 9.59 Å². The molecule has 2 N–H and O–H groups in total. The lowest BCUT2D eigenvalue weighted by Crippen LogP contribution is -2.42. The Bertz CT molecular complexity index is 1380. The van der Waals surface area contributed by atoms with E-state index in [-0.39, 0.29) is 18.9 Å². The quantitative estimate of drug-likeness (QED) is 0.319. The number of alkyl carbamates (subject to hydrolysis) is 1. The number of hydrogen-bond acceptors (Lipinski definition) is 4. The molecule has 0 radical (unpaired) electrons. The average molecular weight is 494 g/mol. The summed E-state index contributed by atoms with van der Waals surface area (Å²) in [4.78, 5) is 24.6. The summed E-state index contributed by atoms with van der Waals surface area (Å²) in [6.07, 6.45) is -0.621. The van der Waals surface area contributed by atoms with Crippen molar-refractivity contribution in [1.29, 1.82) is 0 Å². The molecule has 0 spiro atoms. The molecule has 6 nitrogen and oxygen atoms in total. The fourth-order valence-corrected chi connectivity index (χ4v) is 4.88. The number of methoxy groups -OCH3 is 1. The largest absolute Gasteiger partial charge is 0.497 e. The molecular formula is C31H27NO5. The minimum atomic E-state index is -1.12. The zero-order valence-corrected chi connectivity index (χ0v) is 20.4. The van der Waals surface area contributed by atoms with Gasteiger partial charge in [0.2, 0.25) is 0 Å². The van der Waals surface area contributed by atoms with Gasteiger partial charge in [-0.05, 0) is 51.1 Å². The fraction of sp³-hybridized carbons (Fsp3) is 0.161. The summed E-state index contributed by atoms with van der Waals surface area (Å²) in [6.45, 7) is 0.124. The smallest absolute Gasteiger partial charge is 0.407 e. The minimum Gasteiger partial charge on any atom is -0.497 e. The van der Waals surface area contributed by atoms with Crippen LogP contribution in [0.25, 0.3) is 22.3 Å². The number of amides is 1. The van der Waals surface area contributed by atoms with E-state index < -0.39 is 18.1 Å². The highest BCUT2D eigenvalue weighted by Gasteiger charge is 2.29. The lowest BCUT2D eigenvalue weighted by atomic mass is 9.98. The normalized spacial score (nSPS) is 12.8. The first-order chi connectivity index (χ1) is 18.0. The van der Waals surface area contributed by atoms with Gasteiger partial charge in [0.15, 0.2) is 0 Å². The number of carboxylic acids is 1. The van der Waals surface area contributed by atoms with Gasteiger partial charge in [-0.15, -0.1) is 0 Å². The molecule has 5 rings (SSSR count). The highest BCUT2D eigenvalue weighted by atomic mass is 16.5.